The zero-order valence-corrected chi connectivity index (χ0v) is 15.0. The van der Waals surface area contributed by atoms with Crippen LogP contribution in [0.2, 0.25) is 0 Å². The van der Waals surface area contributed by atoms with Crippen LogP contribution in [0.5, 0.6) is 0 Å². The zero-order valence-electron chi connectivity index (χ0n) is 12.6. The molecule has 0 N–H and O–H groups in total. The molecule has 0 aromatic heterocycles. The summed E-state index contributed by atoms with van der Waals surface area (Å²) in [6, 6.07) is 6.58. The lowest BCUT2D eigenvalue weighted by Crippen LogP contribution is -2.36. The first-order valence-electron chi connectivity index (χ1n) is 6.86. The van der Waals surface area contributed by atoms with E-state index in [0.717, 1.165) is 9.87 Å². The van der Waals surface area contributed by atoms with Crippen LogP contribution in [-0.4, -0.2) is 30.0 Å². The van der Waals surface area contributed by atoms with Gasteiger partial charge in [0.1, 0.15) is 0 Å². The number of hydrogen-bond donors (Lipinski definition) is 0. The van der Waals surface area contributed by atoms with Gasteiger partial charge in [-0.3, -0.25) is 4.79 Å². The topological polar surface area (TPSA) is 54.5 Å². The van der Waals surface area contributed by atoms with Gasteiger partial charge in [0.2, 0.25) is 5.91 Å². The summed E-state index contributed by atoms with van der Waals surface area (Å²) in [5, 5.41) is 0. The fourth-order valence-corrected chi connectivity index (χ4v) is 5.11. The normalized spacial score (nSPS) is 23.4. The molecule has 1 aromatic rings. The second-order valence-corrected chi connectivity index (χ2v) is 9.47. The quantitative estimate of drug-likeness (QED) is 0.765. The molecule has 1 aliphatic rings. The Morgan fingerprint density at radius 1 is 1.29 bits per heavy atom. The Balaban J connectivity index is 2.42. The lowest BCUT2D eigenvalue weighted by atomic mass is 9.80. The van der Waals surface area contributed by atoms with Gasteiger partial charge in [-0.1, -0.05) is 54.4 Å². The minimum atomic E-state index is -3.78. The highest BCUT2D eigenvalue weighted by Crippen LogP contribution is 2.42. The van der Waals surface area contributed by atoms with Crippen molar-refractivity contribution in [3.8, 4) is 0 Å². The van der Waals surface area contributed by atoms with E-state index >= 15 is 0 Å². The van der Waals surface area contributed by atoms with E-state index in [9.17, 15) is 13.2 Å². The Hall–Kier alpha value is -0.880. The molecule has 6 heteroatoms. The number of alkyl halides is 1. The van der Waals surface area contributed by atoms with Crippen molar-refractivity contribution in [2.24, 2.45) is 11.3 Å². The van der Waals surface area contributed by atoms with Crippen LogP contribution in [-0.2, 0) is 14.8 Å². The number of benzene rings is 1. The number of amides is 1. The molecule has 1 aromatic carbocycles. The monoisotopic (exact) mass is 373 g/mol. The molecule has 2 atom stereocenters. The SMILES string of the molecule is Cc1ccc(S(=O)(=O)N2CC(C(C)Br)C(C)(C)C2=O)cc1. The first-order valence-corrected chi connectivity index (χ1v) is 9.22. The molecular weight excluding hydrogens is 354 g/mol. The van der Waals surface area contributed by atoms with Crippen molar-refractivity contribution < 1.29 is 13.2 Å². The van der Waals surface area contributed by atoms with E-state index in [1.807, 2.05) is 27.7 Å². The molecule has 1 heterocycles. The van der Waals surface area contributed by atoms with Crippen LogP contribution in [0.4, 0.5) is 0 Å². The minimum absolute atomic E-state index is 0.0507. The Morgan fingerprint density at radius 2 is 1.81 bits per heavy atom. The summed E-state index contributed by atoms with van der Waals surface area (Å²) in [5.41, 5.74) is 0.287. The van der Waals surface area contributed by atoms with Crippen LogP contribution in [0.25, 0.3) is 0 Å². The van der Waals surface area contributed by atoms with Crippen LogP contribution < -0.4 is 0 Å². The average Bonchev–Trinajstić information content (AvgIpc) is 2.62. The molecule has 0 saturated carbocycles. The largest absolute Gasteiger partial charge is 0.273 e. The third-order valence-corrected chi connectivity index (χ3v) is 6.63. The standard InChI is InChI=1S/C15H20BrNO3S/c1-10-5-7-12(8-6-10)21(19,20)17-9-13(11(2)16)15(3,4)14(17)18/h5-8,11,13H,9H2,1-4H3. The number of carbonyl (C=O) groups is 1. The maximum atomic E-state index is 12.7. The van der Waals surface area contributed by atoms with Crippen molar-refractivity contribution in [1.82, 2.24) is 4.31 Å². The van der Waals surface area contributed by atoms with Gasteiger partial charge >= 0.3 is 0 Å². The molecule has 2 unspecified atom stereocenters. The summed E-state index contributed by atoms with van der Waals surface area (Å²) < 4.78 is 26.4. The molecule has 1 fully saturated rings. The number of nitrogens with zero attached hydrogens (tertiary/aromatic N) is 1. The highest BCUT2D eigenvalue weighted by Gasteiger charge is 2.52. The highest BCUT2D eigenvalue weighted by molar-refractivity contribution is 9.09. The molecule has 21 heavy (non-hydrogen) atoms. The third-order valence-electron chi connectivity index (χ3n) is 4.23. The predicted molar refractivity (Wildman–Crippen MR) is 85.7 cm³/mol. The van der Waals surface area contributed by atoms with Gasteiger partial charge < -0.3 is 0 Å². The van der Waals surface area contributed by atoms with Crippen LogP contribution >= 0.6 is 15.9 Å². The number of carbonyl (C=O) groups excluding carboxylic acids is 1. The Labute approximate surface area is 134 Å². The number of rotatable bonds is 3. The summed E-state index contributed by atoms with van der Waals surface area (Å²) in [6.45, 7) is 7.67. The Bertz CT molecular complexity index is 650. The van der Waals surface area contributed by atoms with Gasteiger partial charge in [0.05, 0.1) is 10.3 Å². The van der Waals surface area contributed by atoms with Gasteiger partial charge in [0, 0.05) is 17.3 Å². The van der Waals surface area contributed by atoms with Gasteiger partial charge in [0.25, 0.3) is 10.0 Å². The van der Waals surface area contributed by atoms with Crippen molar-refractivity contribution in [1.29, 1.82) is 0 Å². The second-order valence-electron chi connectivity index (χ2n) is 6.16. The fraction of sp³-hybridized carbons (Fsp3) is 0.533. The van der Waals surface area contributed by atoms with Gasteiger partial charge in [-0.15, -0.1) is 0 Å². The van der Waals surface area contributed by atoms with Crippen molar-refractivity contribution in [3.63, 3.8) is 0 Å². The van der Waals surface area contributed by atoms with Gasteiger partial charge in [-0.05, 0) is 19.1 Å². The maximum Gasteiger partial charge on any atom is 0.266 e. The van der Waals surface area contributed by atoms with Gasteiger partial charge in [0.15, 0.2) is 0 Å². The van der Waals surface area contributed by atoms with E-state index in [1.165, 1.54) is 0 Å². The van der Waals surface area contributed by atoms with E-state index in [-0.39, 0.29) is 28.1 Å². The summed E-state index contributed by atoms with van der Waals surface area (Å²) >= 11 is 3.49. The third kappa shape index (κ3) is 2.75. The van der Waals surface area contributed by atoms with Crippen LogP contribution in [0.3, 0.4) is 0 Å². The first kappa shape index (κ1) is 16.5. The molecule has 4 nitrogen and oxygen atoms in total. The lowest BCUT2D eigenvalue weighted by molar-refractivity contribution is -0.131. The van der Waals surface area contributed by atoms with E-state index in [4.69, 9.17) is 0 Å². The molecule has 0 spiro atoms. The molecule has 1 aliphatic heterocycles. The average molecular weight is 374 g/mol. The van der Waals surface area contributed by atoms with Gasteiger partial charge in [-0.2, -0.15) is 0 Å². The summed E-state index contributed by atoms with van der Waals surface area (Å²) in [5.74, 6) is -0.385. The zero-order chi connectivity index (χ0) is 16.0. The number of aryl methyl sites for hydroxylation is 1. The fourth-order valence-electron chi connectivity index (χ4n) is 2.73. The predicted octanol–water partition coefficient (Wildman–Crippen LogP) is 2.95. The Morgan fingerprint density at radius 3 is 2.24 bits per heavy atom. The maximum absolute atomic E-state index is 12.7. The van der Waals surface area contributed by atoms with Crippen molar-refractivity contribution in [2.75, 3.05) is 6.54 Å². The molecule has 0 radical (unpaired) electrons. The Kier molecular flexibility index (Phi) is 4.23. The molecular formula is C15H20BrNO3S. The number of sulfonamides is 1. The first-order chi connectivity index (χ1) is 9.58. The summed E-state index contributed by atoms with van der Waals surface area (Å²) in [4.78, 5) is 12.8. The summed E-state index contributed by atoms with van der Waals surface area (Å²) in [6.07, 6.45) is 0. The lowest BCUT2D eigenvalue weighted by Gasteiger charge is -2.25. The smallest absolute Gasteiger partial charge is 0.266 e. The van der Waals surface area contributed by atoms with E-state index in [1.54, 1.807) is 24.3 Å². The van der Waals surface area contributed by atoms with Crippen molar-refractivity contribution >= 4 is 31.9 Å². The van der Waals surface area contributed by atoms with Crippen LogP contribution in [0.15, 0.2) is 29.2 Å². The summed E-state index contributed by atoms with van der Waals surface area (Å²) in [7, 11) is -3.78. The number of hydrogen-bond acceptors (Lipinski definition) is 3. The minimum Gasteiger partial charge on any atom is -0.273 e. The number of halogens is 1. The molecule has 2 rings (SSSR count). The highest BCUT2D eigenvalue weighted by atomic mass is 79.9. The van der Waals surface area contributed by atoms with Gasteiger partial charge in [-0.25, -0.2) is 12.7 Å². The molecule has 116 valence electrons. The molecule has 1 amide bonds. The molecule has 0 aliphatic carbocycles. The van der Waals surface area contributed by atoms with Crippen molar-refractivity contribution in [2.45, 2.75) is 37.4 Å². The van der Waals surface area contributed by atoms with Crippen molar-refractivity contribution in [3.05, 3.63) is 29.8 Å². The molecule has 0 bridgehead atoms. The second kappa shape index (κ2) is 5.39. The molecule has 1 saturated heterocycles. The van der Waals surface area contributed by atoms with Crippen LogP contribution in [0.1, 0.15) is 26.3 Å². The van der Waals surface area contributed by atoms with Crippen LogP contribution in [0, 0.1) is 18.3 Å². The van der Waals surface area contributed by atoms with E-state index < -0.39 is 15.4 Å². The van der Waals surface area contributed by atoms with E-state index in [2.05, 4.69) is 15.9 Å². The van der Waals surface area contributed by atoms with E-state index in [0.29, 0.717) is 0 Å².